The fraction of sp³-hybridized carbons (Fsp3) is 1.00. The zero-order chi connectivity index (χ0) is 11.5. The molecule has 1 aliphatic rings. The number of hydrogen-bond acceptors (Lipinski definition) is 4. The van der Waals surface area contributed by atoms with Gasteiger partial charge in [-0.2, -0.15) is 17.4 Å². The highest BCUT2D eigenvalue weighted by atomic mass is 32.2. The number of rotatable bonds is 4. The Hall–Kier alpha value is -0.210. The fourth-order valence-electron chi connectivity index (χ4n) is 1.39. The van der Waals surface area contributed by atoms with Crippen molar-refractivity contribution in [2.75, 3.05) is 26.3 Å². The summed E-state index contributed by atoms with van der Waals surface area (Å²) in [5.74, 6) is 0. The number of aliphatic hydroxyl groups is 1. The lowest BCUT2D eigenvalue weighted by Crippen LogP contribution is -2.52. The number of aliphatic hydroxyl groups excluding tert-OH is 1. The molecule has 0 amide bonds. The average Bonchev–Trinajstić information content (AvgIpc) is 2.16. The van der Waals surface area contributed by atoms with E-state index in [4.69, 9.17) is 9.84 Å². The van der Waals surface area contributed by atoms with E-state index in [-0.39, 0.29) is 19.2 Å². The molecule has 1 aliphatic heterocycles. The van der Waals surface area contributed by atoms with Gasteiger partial charge in [0.05, 0.1) is 19.3 Å². The van der Waals surface area contributed by atoms with E-state index >= 15 is 0 Å². The zero-order valence-electron chi connectivity index (χ0n) is 9.01. The minimum Gasteiger partial charge on any atom is -0.394 e. The second-order valence-electron chi connectivity index (χ2n) is 3.81. The SMILES string of the molecule is CC(C)NS(=O)(=O)N1CCOC(CO)C1. The van der Waals surface area contributed by atoms with Crippen LogP contribution in [0.15, 0.2) is 0 Å². The molecule has 0 saturated carbocycles. The Bertz CT molecular complexity index is 291. The van der Waals surface area contributed by atoms with Crippen molar-refractivity contribution >= 4 is 10.2 Å². The van der Waals surface area contributed by atoms with E-state index < -0.39 is 16.3 Å². The lowest BCUT2D eigenvalue weighted by atomic mass is 10.3. The predicted molar refractivity (Wildman–Crippen MR) is 55.6 cm³/mol. The van der Waals surface area contributed by atoms with Crippen LogP contribution in [0.5, 0.6) is 0 Å². The summed E-state index contributed by atoms with van der Waals surface area (Å²) in [5.41, 5.74) is 0. The summed E-state index contributed by atoms with van der Waals surface area (Å²) in [5, 5.41) is 8.89. The van der Waals surface area contributed by atoms with Crippen LogP contribution in [0.25, 0.3) is 0 Å². The lowest BCUT2D eigenvalue weighted by Gasteiger charge is -2.31. The maximum Gasteiger partial charge on any atom is 0.279 e. The number of nitrogens with zero attached hydrogens (tertiary/aromatic N) is 1. The summed E-state index contributed by atoms with van der Waals surface area (Å²) < 4.78 is 32.4. The number of hydrogen-bond donors (Lipinski definition) is 2. The summed E-state index contributed by atoms with van der Waals surface area (Å²) in [7, 11) is -3.43. The van der Waals surface area contributed by atoms with Crippen LogP contribution >= 0.6 is 0 Å². The first kappa shape index (κ1) is 12.9. The Kier molecular flexibility index (Phi) is 4.47. The number of morpholine rings is 1. The van der Waals surface area contributed by atoms with Crippen LogP contribution in [0.2, 0.25) is 0 Å². The standard InChI is InChI=1S/C8H18N2O4S/c1-7(2)9-15(12,13)10-3-4-14-8(5-10)6-11/h7-9,11H,3-6H2,1-2H3. The molecule has 6 nitrogen and oxygen atoms in total. The molecule has 1 fully saturated rings. The van der Waals surface area contributed by atoms with E-state index in [1.807, 2.05) is 0 Å². The second kappa shape index (κ2) is 5.22. The average molecular weight is 238 g/mol. The molecule has 1 atom stereocenters. The molecule has 0 aliphatic carbocycles. The van der Waals surface area contributed by atoms with Gasteiger partial charge in [0.1, 0.15) is 0 Å². The summed E-state index contributed by atoms with van der Waals surface area (Å²) in [6, 6.07) is -0.134. The van der Waals surface area contributed by atoms with Gasteiger partial charge in [-0.25, -0.2) is 0 Å². The first-order valence-electron chi connectivity index (χ1n) is 4.95. The monoisotopic (exact) mass is 238 g/mol. The Morgan fingerprint density at radius 3 is 2.80 bits per heavy atom. The molecule has 0 radical (unpaired) electrons. The first-order chi connectivity index (χ1) is 6.95. The third-order valence-electron chi connectivity index (χ3n) is 2.03. The molecule has 0 aromatic carbocycles. The highest BCUT2D eigenvalue weighted by molar-refractivity contribution is 7.87. The molecule has 7 heteroatoms. The molecule has 1 saturated heterocycles. The van der Waals surface area contributed by atoms with Gasteiger partial charge < -0.3 is 9.84 Å². The zero-order valence-corrected chi connectivity index (χ0v) is 9.83. The third kappa shape index (κ3) is 3.69. The number of nitrogens with one attached hydrogen (secondary N) is 1. The summed E-state index contributed by atoms with van der Waals surface area (Å²) in [6.45, 7) is 4.23. The van der Waals surface area contributed by atoms with Gasteiger partial charge in [-0.15, -0.1) is 0 Å². The summed E-state index contributed by atoms with van der Waals surface area (Å²) in [6.07, 6.45) is -0.414. The maximum absolute atomic E-state index is 11.7. The topological polar surface area (TPSA) is 78.9 Å². The highest BCUT2D eigenvalue weighted by Gasteiger charge is 2.29. The van der Waals surface area contributed by atoms with E-state index in [0.717, 1.165) is 0 Å². The van der Waals surface area contributed by atoms with Crippen LogP contribution in [0.1, 0.15) is 13.8 Å². The van der Waals surface area contributed by atoms with Crippen LogP contribution in [0.4, 0.5) is 0 Å². The van der Waals surface area contributed by atoms with Crippen molar-refractivity contribution in [1.29, 1.82) is 0 Å². The molecule has 1 rings (SSSR count). The smallest absolute Gasteiger partial charge is 0.279 e. The van der Waals surface area contributed by atoms with Crippen LogP contribution < -0.4 is 4.72 Å². The normalized spacial score (nSPS) is 24.7. The van der Waals surface area contributed by atoms with Gasteiger partial charge in [-0.05, 0) is 13.8 Å². The largest absolute Gasteiger partial charge is 0.394 e. The van der Waals surface area contributed by atoms with E-state index in [1.165, 1.54) is 4.31 Å². The molecule has 1 unspecified atom stereocenters. The maximum atomic E-state index is 11.7. The van der Waals surface area contributed by atoms with Gasteiger partial charge in [0.15, 0.2) is 0 Å². The van der Waals surface area contributed by atoms with E-state index in [2.05, 4.69) is 4.72 Å². The quantitative estimate of drug-likeness (QED) is 0.653. The van der Waals surface area contributed by atoms with Crippen molar-refractivity contribution in [2.45, 2.75) is 26.0 Å². The Morgan fingerprint density at radius 2 is 2.27 bits per heavy atom. The Morgan fingerprint density at radius 1 is 1.60 bits per heavy atom. The second-order valence-corrected chi connectivity index (χ2v) is 5.51. The van der Waals surface area contributed by atoms with E-state index in [0.29, 0.717) is 13.2 Å². The number of ether oxygens (including phenoxy) is 1. The van der Waals surface area contributed by atoms with Crippen molar-refractivity contribution in [3.05, 3.63) is 0 Å². The van der Waals surface area contributed by atoms with Gasteiger partial charge in [0.25, 0.3) is 10.2 Å². The minimum atomic E-state index is -3.43. The van der Waals surface area contributed by atoms with Gasteiger partial charge in [0, 0.05) is 19.1 Å². The molecule has 0 spiro atoms. The van der Waals surface area contributed by atoms with Gasteiger partial charge >= 0.3 is 0 Å². The molecule has 0 aromatic rings. The Balaban J connectivity index is 2.62. The third-order valence-corrected chi connectivity index (χ3v) is 3.81. The van der Waals surface area contributed by atoms with Crippen LogP contribution in [-0.4, -0.2) is 56.3 Å². The van der Waals surface area contributed by atoms with E-state index in [1.54, 1.807) is 13.8 Å². The van der Waals surface area contributed by atoms with Crippen molar-refractivity contribution < 1.29 is 18.3 Å². The van der Waals surface area contributed by atoms with Crippen molar-refractivity contribution in [3.63, 3.8) is 0 Å². The molecule has 0 bridgehead atoms. The predicted octanol–water partition coefficient (Wildman–Crippen LogP) is -1.08. The van der Waals surface area contributed by atoms with Crippen LogP contribution in [-0.2, 0) is 14.9 Å². The fourth-order valence-corrected chi connectivity index (χ4v) is 2.82. The summed E-state index contributed by atoms with van der Waals surface area (Å²) in [4.78, 5) is 0. The van der Waals surface area contributed by atoms with Gasteiger partial charge in [-0.1, -0.05) is 0 Å². The van der Waals surface area contributed by atoms with Gasteiger partial charge in [0.2, 0.25) is 0 Å². The van der Waals surface area contributed by atoms with Crippen molar-refractivity contribution in [3.8, 4) is 0 Å². The molecule has 2 N–H and O–H groups in total. The lowest BCUT2D eigenvalue weighted by molar-refractivity contribution is -0.0308. The van der Waals surface area contributed by atoms with Crippen molar-refractivity contribution in [1.82, 2.24) is 9.03 Å². The van der Waals surface area contributed by atoms with Crippen LogP contribution in [0.3, 0.4) is 0 Å². The summed E-state index contributed by atoms with van der Waals surface area (Å²) >= 11 is 0. The Labute approximate surface area is 90.4 Å². The van der Waals surface area contributed by atoms with Crippen molar-refractivity contribution in [2.24, 2.45) is 0 Å². The molecule has 15 heavy (non-hydrogen) atoms. The molecular formula is C8H18N2O4S. The minimum absolute atomic E-state index is 0.134. The molecule has 90 valence electrons. The van der Waals surface area contributed by atoms with Crippen LogP contribution in [0, 0.1) is 0 Å². The molecular weight excluding hydrogens is 220 g/mol. The first-order valence-corrected chi connectivity index (χ1v) is 6.39. The van der Waals surface area contributed by atoms with E-state index in [9.17, 15) is 8.42 Å². The molecule has 1 heterocycles. The molecule has 0 aromatic heterocycles. The van der Waals surface area contributed by atoms with Gasteiger partial charge in [-0.3, -0.25) is 0 Å². The highest BCUT2D eigenvalue weighted by Crippen LogP contribution is 2.08.